The Labute approximate surface area is 136 Å². The van der Waals surface area contributed by atoms with E-state index in [9.17, 15) is 8.42 Å². The lowest BCUT2D eigenvalue weighted by Gasteiger charge is -2.33. The number of nitriles is 1. The van der Waals surface area contributed by atoms with E-state index in [1.165, 1.54) is 12.4 Å². The third kappa shape index (κ3) is 3.62. The molecule has 2 aliphatic rings. The summed E-state index contributed by atoms with van der Waals surface area (Å²) in [5, 5.41) is 8.69. The standard InChI is InChI=1S/C15H21N5O2S/c16-10-14-15(18-8-7-17-14)20-9-3-6-13(11-20)23(21,22)19-12-4-1-2-5-12/h7-8,12-13,19H,1-6,9,11H2/t13-/m1/s1. The summed E-state index contributed by atoms with van der Waals surface area (Å²) in [6.07, 6.45) is 8.45. The molecule has 3 rings (SSSR count). The molecule has 1 saturated carbocycles. The smallest absolute Gasteiger partial charge is 0.216 e. The third-order valence-electron chi connectivity index (χ3n) is 4.59. The molecule has 2 heterocycles. The molecule has 1 aromatic heterocycles. The number of hydrogen-bond acceptors (Lipinski definition) is 6. The highest BCUT2D eigenvalue weighted by Crippen LogP contribution is 2.25. The summed E-state index contributed by atoms with van der Waals surface area (Å²) in [5.74, 6) is 0.482. The van der Waals surface area contributed by atoms with Gasteiger partial charge in [0.25, 0.3) is 0 Å². The highest BCUT2D eigenvalue weighted by Gasteiger charge is 2.34. The van der Waals surface area contributed by atoms with Crippen molar-refractivity contribution in [2.24, 2.45) is 0 Å². The average molecular weight is 335 g/mol. The minimum atomic E-state index is -3.35. The Morgan fingerprint density at radius 2 is 1.91 bits per heavy atom. The Balaban J connectivity index is 1.74. The van der Waals surface area contributed by atoms with Crippen LogP contribution in [0.25, 0.3) is 0 Å². The Morgan fingerprint density at radius 1 is 1.17 bits per heavy atom. The van der Waals surface area contributed by atoms with Crippen LogP contribution in [-0.2, 0) is 10.0 Å². The van der Waals surface area contributed by atoms with Gasteiger partial charge < -0.3 is 4.90 Å². The van der Waals surface area contributed by atoms with Gasteiger partial charge in [-0.25, -0.2) is 23.1 Å². The van der Waals surface area contributed by atoms with Gasteiger partial charge >= 0.3 is 0 Å². The molecule has 2 fully saturated rings. The molecule has 0 bridgehead atoms. The van der Waals surface area contributed by atoms with Crippen LogP contribution in [0.1, 0.15) is 44.2 Å². The molecule has 1 aliphatic heterocycles. The fourth-order valence-corrected chi connectivity index (χ4v) is 5.14. The highest BCUT2D eigenvalue weighted by molar-refractivity contribution is 7.90. The molecule has 1 aromatic rings. The molecule has 1 saturated heterocycles. The van der Waals surface area contributed by atoms with E-state index >= 15 is 0 Å². The highest BCUT2D eigenvalue weighted by atomic mass is 32.2. The van der Waals surface area contributed by atoms with Gasteiger partial charge in [0.1, 0.15) is 6.07 Å². The summed E-state index contributed by atoms with van der Waals surface area (Å²) in [6.45, 7) is 1.05. The van der Waals surface area contributed by atoms with Crippen molar-refractivity contribution in [2.75, 3.05) is 18.0 Å². The van der Waals surface area contributed by atoms with E-state index in [0.29, 0.717) is 25.3 Å². The van der Waals surface area contributed by atoms with Gasteiger partial charge in [0, 0.05) is 31.5 Å². The fraction of sp³-hybridized carbons (Fsp3) is 0.667. The monoisotopic (exact) mass is 335 g/mol. The number of sulfonamides is 1. The number of nitrogens with zero attached hydrogens (tertiary/aromatic N) is 4. The van der Waals surface area contributed by atoms with Crippen LogP contribution in [-0.4, -0.2) is 42.8 Å². The molecule has 0 radical (unpaired) electrons. The van der Waals surface area contributed by atoms with Crippen molar-refractivity contribution in [3.63, 3.8) is 0 Å². The zero-order chi connectivity index (χ0) is 16.3. The van der Waals surface area contributed by atoms with Crippen LogP contribution >= 0.6 is 0 Å². The zero-order valence-electron chi connectivity index (χ0n) is 13.0. The first kappa shape index (κ1) is 16.1. The largest absolute Gasteiger partial charge is 0.353 e. The Morgan fingerprint density at radius 3 is 2.65 bits per heavy atom. The van der Waals surface area contributed by atoms with Crippen molar-refractivity contribution >= 4 is 15.8 Å². The first-order valence-corrected chi connectivity index (χ1v) is 9.62. The SMILES string of the molecule is N#Cc1nccnc1N1CCC[C@@H](S(=O)(=O)NC2CCCC2)C1. The Hall–Kier alpha value is -1.72. The van der Waals surface area contributed by atoms with E-state index in [0.717, 1.165) is 32.1 Å². The molecule has 124 valence electrons. The fourth-order valence-electron chi connectivity index (χ4n) is 3.40. The van der Waals surface area contributed by atoms with Crippen molar-refractivity contribution in [2.45, 2.75) is 49.8 Å². The quantitative estimate of drug-likeness (QED) is 0.887. The van der Waals surface area contributed by atoms with Gasteiger partial charge in [-0.2, -0.15) is 5.26 Å². The lowest BCUT2D eigenvalue weighted by molar-refractivity contribution is 0.504. The minimum Gasteiger partial charge on any atom is -0.353 e. The molecule has 8 heteroatoms. The van der Waals surface area contributed by atoms with Crippen LogP contribution in [0.2, 0.25) is 0 Å². The lowest BCUT2D eigenvalue weighted by atomic mass is 10.1. The van der Waals surface area contributed by atoms with Crippen molar-refractivity contribution in [1.82, 2.24) is 14.7 Å². The molecule has 1 aliphatic carbocycles. The van der Waals surface area contributed by atoms with Gasteiger partial charge in [-0.3, -0.25) is 0 Å². The summed E-state index contributed by atoms with van der Waals surface area (Å²) >= 11 is 0. The van der Waals surface area contributed by atoms with E-state index in [-0.39, 0.29) is 11.7 Å². The van der Waals surface area contributed by atoms with Crippen molar-refractivity contribution in [3.05, 3.63) is 18.1 Å². The Kier molecular flexibility index (Phi) is 4.78. The first-order chi connectivity index (χ1) is 11.1. The number of hydrogen-bond donors (Lipinski definition) is 1. The van der Waals surface area contributed by atoms with E-state index in [4.69, 9.17) is 5.26 Å². The van der Waals surface area contributed by atoms with Gasteiger partial charge in [-0.15, -0.1) is 0 Å². The normalized spacial score (nSPS) is 22.9. The predicted octanol–water partition coefficient (Wildman–Crippen LogP) is 1.18. The van der Waals surface area contributed by atoms with Crippen LogP contribution in [0.15, 0.2) is 12.4 Å². The number of anilines is 1. The van der Waals surface area contributed by atoms with Gasteiger partial charge in [0.05, 0.1) is 5.25 Å². The predicted molar refractivity (Wildman–Crippen MR) is 86.3 cm³/mol. The number of nitrogens with one attached hydrogen (secondary N) is 1. The van der Waals surface area contributed by atoms with Gasteiger partial charge in [0.15, 0.2) is 11.5 Å². The lowest BCUT2D eigenvalue weighted by Crippen LogP contribution is -2.48. The van der Waals surface area contributed by atoms with Crippen LogP contribution < -0.4 is 9.62 Å². The average Bonchev–Trinajstić information content (AvgIpc) is 3.07. The topological polar surface area (TPSA) is 99.0 Å². The molecular formula is C15H21N5O2S. The number of aromatic nitrogens is 2. The van der Waals surface area contributed by atoms with E-state index in [2.05, 4.69) is 14.7 Å². The molecule has 0 aromatic carbocycles. The Bertz CT molecular complexity index is 694. The van der Waals surface area contributed by atoms with Crippen molar-refractivity contribution in [3.8, 4) is 6.07 Å². The second-order valence-corrected chi connectivity index (χ2v) is 8.19. The maximum absolute atomic E-state index is 12.6. The van der Waals surface area contributed by atoms with Crippen LogP contribution in [0.4, 0.5) is 5.82 Å². The molecule has 0 unspecified atom stereocenters. The summed E-state index contributed by atoms with van der Waals surface area (Å²) in [7, 11) is -3.35. The van der Waals surface area contributed by atoms with E-state index in [1.807, 2.05) is 11.0 Å². The molecule has 1 atom stereocenters. The molecule has 23 heavy (non-hydrogen) atoms. The van der Waals surface area contributed by atoms with Crippen LogP contribution in [0.5, 0.6) is 0 Å². The number of rotatable bonds is 4. The van der Waals surface area contributed by atoms with Crippen LogP contribution in [0, 0.1) is 11.3 Å². The first-order valence-electron chi connectivity index (χ1n) is 8.07. The second kappa shape index (κ2) is 6.81. The zero-order valence-corrected chi connectivity index (χ0v) is 13.8. The van der Waals surface area contributed by atoms with E-state index in [1.54, 1.807) is 0 Å². The van der Waals surface area contributed by atoms with Gasteiger partial charge in [0.2, 0.25) is 10.0 Å². The molecular weight excluding hydrogens is 314 g/mol. The molecule has 0 spiro atoms. The number of piperidine rings is 1. The van der Waals surface area contributed by atoms with Crippen LogP contribution in [0.3, 0.4) is 0 Å². The van der Waals surface area contributed by atoms with Crippen molar-refractivity contribution < 1.29 is 8.42 Å². The molecule has 1 N–H and O–H groups in total. The summed E-state index contributed by atoms with van der Waals surface area (Å²) < 4.78 is 28.1. The summed E-state index contributed by atoms with van der Waals surface area (Å²) in [4.78, 5) is 10.1. The van der Waals surface area contributed by atoms with Gasteiger partial charge in [-0.1, -0.05) is 12.8 Å². The summed E-state index contributed by atoms with van der Waals surface area (Å²) in [5.41, 5.74) is 0.245. The van der Waals surface area contributed by atoms with Gasteiger partial charge in [-0.05, 0) is 25.7 Å². The second-order valence-electron chi connectivity index (χ2n) is 6.19. The maximum atomic E-state index is 12.6. The minimum absolute atomic E-state index is 0.0848. The van der Waals surface area contributed by atoms with E-state index < -0.39 is 15.3 Å². The molecule has 0 amide bonds. The molecule has 7 nitrogen and oxygen atoms in total. The summed E-state index contributed by atoms with van der Waals surface area (Å²) in [6, 6.07) is 2.11. The van der Waals surface area contributed by atoms with Crippen molar-refractivity contribution in [1.29, 1.82) is 5.26 Å². The third-order valence-corrected chi connectivity index (χ3v) is 6.51. The maximum Gasteiger partial charge on any atom is 0.216 e.